The highest BCUT2D eigenvalue weighted by atomic mass is 16.5. The number of carbonyl (C=O) groups is 1. The zero-order valence-electron chi connectivity index (χ0n) is 11.1. The van der Waals surface area contributed by atoms with Gasteiger partial charge in [0.25, 0.3) is 0 Å². The van der Waals surface area contributed by atoms with E-state index in [4.69, 9.17) is 4.74 Å². The molecule has 0 radical (unpaired) electrons. The smallest absolute Gasteiger partial charge is 0.333 e. The Balaban J connectivity index is 2.73. The van der Waals surface area contributed by atoms with Gasteiger partial charge in [0.15, 0.2) is 0 Å². The molecule has 0 amide bonds. The van der Waals surface area contributed by atoms with Gasteiger partial charge in [-0.3, -0.25) is 0 Å². The summed E-state index contributed by atoms with van der Waals surface area (Å²) in [5.74, 6) is -0.242. The second-order valence-electron chi connectivity index (χ2n) is 5.44. The van der Waals surface area contributed by atoms with Crippen LogP contribution in [0, 0.1) is 5.92 Å². The summed E-state index contributed by atoms with van der Waals surface area (Å²) in [5.41, 5.74) is 0.716. The fourth-order valence-electron chi connectivity index (χ4n) is 1.95. The topological polar surface area (TPSA) is 46.5 Å². The van der Waals surface area contributed by atoms with Gasteiger partial charge in [-0.1, -0.05) is 12.7 Å². The Morgan fingerprint density at radius 1 is 1.59 bits per heavy atom. The Hall–Kier alpha value is -1.09. The summed E-state index contributed by atoms with van der Waals surface area (Å²) in [5, 5.41) is 10.0. The summed E-state index contributed by atoms with van der Waals surface area (Å²) in [4.78, 5) is 11.5. The average molecular weight is 238 g/mol. The Bertz CT molecular complexity index is 347. The van der Waals surface area contributed by atoms with Crippen molar-refractivity contribution in [3.05, 3.63) is 23.8 Å². The van der Waals surface area contributed by atoms with Crippen LogP contribution in [0.2, 0.25) is 0 Å². The molecule has 1 aliphatic carbocycles. The molecule has 0 spiro atoms. The number of esters is 1. The number of rotatable bonds is 3. The van der Waals surface area contributed by atoms with E-state index in [-0.39, 0.29) is 18.0 Å². The quantitative estimate of drug-likeness (QED) is 0.467. The lowest BCUT2D eigenvalue weighted by Crippen LogP contribution is -2.37. The Morgan fingerprint density at radius 3 is 2.65 bits per heavy atom. The molecule has 0 saturated heterocycles. The van der Waals surface area contributed by atoms with E-state index < -0.39 is 5.60 Å². The first-order chi connectivity index (χ1) is 7.71. The fourth-order valence-corrected chi connectivity index (χ4v) is 1.95. The molecule has 0 aromatic heterocycles. The average Bonchev–Trinajstić information content (AvgIpc) is 2.19. The van der Waals surface area contributed by atoms with Crippen LogP contribution in [0.1, 0.15) is 40.5 Å². The van der Waals surface area contributed by atoms with Gasteiger partial charge in [0, 0.05) is 5.57 Å². The van der Waals surface area contributed by atoms with E-state index in [9.17, 15) is 9.90 Å². The molecular weight excluding hydrogens is 216 g/mol. The summed E-state index contributed by atoms with van der Waals surface area (Å²) in [6.45, 7) is 10.8. The summed E-state index contributed by atoms with van der Waals surface area (Å²) in [6.07, 6.45) is 3.31. The molecule has 17 heavy (non-hydrogen) atoms. The predicted octanol–water partition coefficient (Wildman–Crippen LogP) is 2.60. The number of aliphatic hydroxyl groups is 1. The molecule has 0 bridgehead atoms. The third kappa shape index (κ3) is 3.70. The van der Waals surface area contributed by atoms with Gasteiger partial charge >= 0.3 is 5.97 Å². The van der Waals surface area contributed by atoms with Crippen molar-refractivity contribution in [1.82, 2.24) is 0 Å². The van der Waals surface area contributed by atoms with E-state index in [0.717, 1.165) is 12.0 Å². The van der Waals surface area contributed by atoms with E-state index >= 15 is 0 Å². The molecule has 1 aliphatic rings. The second kappa shape index (κ2) is 5.05. The highest BCUT2D eigenvalue weighted by molar-refractivity contribution is 5.87. The molecule has 3 nitrogen and oxygen atoms in total. The highest BCUT2D eigenvalue weighted by Gasteiger charge is 2.33. The molecular formula is C14H22O3. The van der Waals surface area contributed by atoms with Crippen LogP contribution >= 0.6 is 0 Å². The normalized spacial score (nSPS) is 25.1. The van der Waals surface area contributed by atoms with Crippen molar-refractivity contribution < 1.29 is 14.6 Å². The third-order valence-electron chi connectivity index (χ3n) is 3.33. The standard InChI is InChI=1S/C14H22O3/c1-9(2)13(15)17-12-8-11(14(4,5)16)7-6-10(12)3/h6,11-12,16H,1,7-8H2,2-5H3. The van der Waals surface area contributed by atoms with Crippen molar-refractivity contribution in [2.24, 2.45) is 5.92 Å². The van der Waals surface area contributed by atoms with Gasteiger partial charge in [-0.05, 0) is 52.0 Å². The largest absolute Gasteiger partial charge is 0.455 e. The molecule has 0 aromatic carbocycles. The maximum Gasteiger partial charge on any atom is 0.333 e. The maximum absolute atomic E-state index is 11.5. The zero-order chi connectivity index (χ0) is 13.2. The molecule has 2 atom stereocenters. The van der Waals surface area contributed by atoms with Gasteiger partial charge in [0.2, 0.25) is 0 Å². The van der Waals surface area contributed by atoms with Crippen LogP contribution in [-0.2, 0) is 9.53 Å². The van der Waals surface area contributed by atoms with Crippen LogP contribution in [0.25, 0.3) is 0 Å². The zero-order valence-corrected chi connectivity index (χ0v) is 11.1. The van der Waals surface area contributed by atoms with Gasteiger partial charge in [-0.25, -0.2) is 4.79 Å². The summed E-state index contributed by atoms with van der Waals surface area (Å²) in [6, 6.07) is 0. The van der Waals surface area contributed by atoms with Crippen LogP contribution in [0.15, 0.2) is 23.8 Å². The van der Waals surface area contributed by atoms with Crippen molar-refractivity contribution in [2.75, 3.05) is 0 Å². The van der Waals surface area contributed by atoms with Crippen molar-refractivity contribution in [3.63, 3.8) is 0 Å². The van der Waals surface area contributed by atoms with Crippen LogP contribution < -0.4 is 0 Å². The number of carbonyl (C=O) groups excluding carboxylic acids is 1. The molecule has 0 aliphatic heterocycles. The van der Waals surface area contributed by atoms with Gasteiger partial charge in [-0.15, -0.1) is 0 Å². The van der Waals surface area contributed by atoms with Gasteiger partial charge in [0.1, 0.15) is 6.10 Å². The minimum atomic E-state index is -0.745. The van der Waals surface area contributed by atoms with E-state index in [0.29, 0.717) is 12.0 Å². The molecule has 1 N–H and O–H groups in total. The Kier molecular flexibility index (Phi) is 4.15. The highest BCUT2D eigenvalue weighted by Crippen LogP contribution is 2.33. The number of hydrogen-bond acceptors (Lipinski definition) is 3. The predicted molar refractivity (Wildman–Crippen MR) is 67.5 cm³/mol. The van der Waals surface area contributed by atoms with E-state index in [1.54, 1.807) is 20.8 Å². The molecule has 3 heteroatoms. The van der Waals surface area contributed by atoms with E-state index in [1.807, 2.05) is 13.0 Å². The lowest BCUT2D eigenvalue weighted by Gasteiger charge is -2.35. The summed E-state index contributed by atoms with van der Waals surface area (Å²) in [7, 11) is 0. The fraction of sp³-hybridized carbons (Fsp3) is 0.643. The van der Waals surface area contributed by atoms with Crippen LogP contribution in [0.3, 0.4) is 0 Å². The number of ether oxygens (including phenoxy) is 1. The molecule has 96 valence electrons. The minimum absolute atomic E-state index is 0.120. The van der Waals surface area contributed by atoms with Gasteiger partial charge in [-0.2, -0.15) is 0 Å². The third-order valence-corrected chi connectivity index (χ3v) is 3.33. The second-order valence-corrected chi connectivity index (χ2v) is 5.44. The van der Waals surface area contributed by atoms with Crippen molar-refractivity contribution in [2.45, 2.75) is 52.2 Å². The molecule has 0 fully saturated rings. The lowest BCUT2D eigenvalue weighted by atomic mass is 9.78. The van der Waals surface area contributed by atoms with Gasteiger partial charge < -0.3 is 9.84 Å². The maximum atomic E-state index is 11.5. The molecule has 2 unspecified atom stereocenters. The monoisotopic (exact) mass is 238 g/mol. The summed E-state index contributed by atoms with van der Waals surface area (Å²) >= 11 is 0. The SMILES string of the molecule is C=C(C)C(=O)OC1CC(C(C)(C)O)CC=C1C. The first-order valence-electron chi connectivity index (χ1n) is 5.97. The van der Waals surface area contributed by atoms with Crippen LogP contribution in [0.5, 0.6) is 0 Å². The van der Waals surface area contributed by atoms with E-state index in [1.165, 1.54) is 0 Å². The lowest BCUT2D eigenvalue weighted by molar-refractivity contribution is -0.144. The first-order valence-corrected chi connectivity index (χ1v) is 5.97. The number of allylic oxidation sites excluding steroid dienone is 1. The van der Waals surface area contributed by atoms with E-state index in [2.05, 4.69) is 6.58 Å². The van der Waals surface area contributed by atoms with Crippen molar-refractivity contribution in [1.29, 1.82) is 0 Å². The van der Waals surface area contributed by atoms with Crippen molar-refractivity contribution >= 4 is 5.97 Å². The van der Waals surface area contributed by atoms with Crippen LogP contribution in [-0.4, -0.2) is 22.8 Å². The Morgan fingerprint density at radius 2 is 2.18 bits per heavy atom. The number of hydrogen-bond donors (Lipinski definition) is 1. The van der Waals surface area contributed by atoms with Crippen LogP contribution in [0.4, 0.5) is 0 Å². The molecule has 0 heterocycles. The Labute approximate surface area is 103 Å². The van der Waals surface area contributed by atoms with Gasteiger partial charge in [0.05, 0.1) is 5.60 Å². The molecule has 0 saturated carbocycles. The summed E-state index contributed by atoms with van der Waals surface area (Å²) < 4.78 is 5.37. The molecule has 1 rings (SSSR count). The van der Waals surface area contributed by atoms with Crippen molar-refractivity contribution in [3.8, 4) is 0 Å². The molecule has 0 aromatic rings. The first kappa shape index (κ1) is 14.0. The minimum Gasteiger partial charge on any atom is -0.455 e.